The van der Waals surface area contributed by atoms with E-state index in [0.29, 0.717) is 5.75 Å². The molecule has 0 unspecified atom stereocenters. The molecule has 0 aliphatic carbocycles. The molecule has 0 aliphatic rings. The Morgan fingerprint density at radius 1 is 0.571 bits per heavy atom. The highest BCUT2D eigenvalue weighted by atomic mass is 16.3. The van der Waals surface area contributed by atoms with Crippen molar-refractivity contribution >= 4 is 0 Å². The summed E-state index contributed by atoms with van der Waals surface area (Å²) in [5.41, 5.74) is 1.29. The third-order valence-electron chi connectivity index (χ3n) is 5.73. The fourth-order valence-electron chi connectivity index (χ4n) is 3.82. The Hall–Kier alpha value is -1.02. The number of rotatable bonds is 20. The molecule has 2 nitrogen and oxygen atoms in total. The second-order valence-electron chi connectivity index (χ2n) is 8.47. The van der Waals surface area contributed by atoms with Crippen molar-refractivity contribution < 1.29 is 5.11 Å². The maximum Gasteiger partial charge on any atom is 0.115 e. The normalized spacial score (nSPS) is 11.2. The minimum Gasteiger partial charge on any atom is -0.508 e. The van der Waals surface area contributed by atoms with Crippen molar-refractivity contribution in [2.75, 3.05) is 13.1 Å². The highest BCUT2D eigenvalue weighted by Crippen LogP contribution is 2.13. The Kier molecular flexibility index (Phi) is 17.2. The molecule has 1 rings (SSSR count). The standard InChI is InChI=1S/C26H47NO/c1-2-3-4-5-6-7-8-9-10-11-12-13-14-15-16-17-23-27-24-22-25-18-20-26(28)21-19-25/h18-21,27-28H,2-17,22-24H2,1H3. The van der Waals surface area contributed by atoms with Gasteiger partial charge in [0.2, 0.25) is 0 Å². The fourth-order valence-corrected chi connectivity index (χ4v) is 3.82. The second kappa shape index (κ2) is 19.3. The zero-order valence-corrected chi connectivity index (χ0v) is 18.7. The molecule has 0 fully saturated rings. The van der Waals surface area contributed by atoms with E-state index in [4.69, 9.17) is 0 Å². The Balaban J connectivity index is 1.70. The van der Waals surface area contributed by atoms with Crippen LogP contribution in [0.5, 0.6) is 5.75 Å². The monoisotopic (exact) mass is 389 g/mol. The smallest absolute Gasteiger partial charge is 0.115 e. The van der Waals surface area contributed by atoms with Crippen LogP contribution in [-0.2, 0) is 6.42 Å². The maximum absolute atomic E-state index is 9.28. The van der Waals surface area contributed by atoms with Gasteiger partial charge in [0.15, 0.2) is 0 Å². The average molecular weight is 390 g/mol. The van der Waals surface area contributed by atoms with Gasteiger partial charge in [0.05, 0.1) is 0 Å². The summed E-state index contributed by atoms with van der Waals surface area (Å²) >= 11 is 0. The first-order chi connectivity index (χ1) is 13.8. The number of unbranched alkanes of at least 4 members (excludes halogenated alkanes) is 15. The van der Waals surface area contributed by atoms with Crippen LogP contribution in [-0.4, -0.2) is 18.2 Å². The number of hydrogen-bond donors (Lipinski definition) is 2. The highest BCUT2D eigenvalue weighted by molar-refractivity contribution is 5.25. The average Bonchev–Trinajstić information content (AvgIpc) is 2.71. The van der Waals surface area contributed by atoms with Crippen molar-refractivity contribution in [1.29, 1.82) is 0 Å². The van der Waals surface area contributed by atoms with Crippen LogP contribution in [0.4, 0.5) is 0 Å². The first-order valence-corrected chi connectivity index (χ1v) is 12.3. The molecule has 0 aliphatic heterocycles. The van der Waals surface area contributed by atoms with Gasteiger partial charge in [-0.05, 0) is 43.6 Å². The summed E-state index contributed by atoms with van der Waals surface area (Å²) in [6.45, 7) is 4.46. The largest absolute Gasteiger partial charge is 0.508 e. The summed E-state index contributed by atoms with van der Waals surface area (Å²) in [6, 6.07) is 7.55. The maximum atomic E-state index is 9.28. The van der Waals surface area contributed by atoms with E-state index in [1.165, 1.54) is 108 Å². The number of hydrogen-bond acceptors (Lipinski definition) is 2. The first-order valence-electron chi connectivity index (χ1n) is 12.3. The molecule has 1 aromatic rings. The van der Waals surface area contributed by atoms with Gasteiger partial charge in [0.25, 0.3) is 0 Å². The van der Waals surface area contributed by atoms with Gasteiger partial charge in [0.1, 0.15) is 5.75 Å². The number of aromatic hydroxyl groups is 1. The number of nitrogens with one attached hydrogen (secondary N) is 1. The van der Waals surface area contributed by atoms with Crippen molar-refractivity contribution in [3.05, 3.63) is 29.8 Å². The SMILES string of the molecule is CCCCCCCCCCCCCCCCCCNCCc1ccc(O)cc1. The summed E-state index contributed by atoms with van der Waals surface area (Å²) in [7, 11) is 0. The van der Waals surface area contributed by atoms with E-state index in [9.17, 15) is 5.11 Å². The number of phenols is 1. The van der Waals surface area contributed by atoms with Crippen LogP contribution in [0.1, 0.15) is 115 Å². The van der Waals surface area contributed by atoms with Gasteiger partial charge < -0.3 is 10.4 Å². The van der Waals surface area contributed by atoms with Crippen LogP contribution < -0.4 is 5.32 Å². The third-order valence-corrected chi connectivity index (χ3v) is 5.73. The van der Waals surface area contributed by atoms with Crippen LogP contribution >= 0.6 is 0 Å². The van der Waals surface area contributed by atoms with E-state index in [-0.39, 0.29) is 0 Å². The molecule has 2 heteroatoms. The number of phenolic OH excluding ortho intramolecular Hbond substituents is 1. The van der Waals surface area contributed by atoms with E-state index in [1.54, 1.807) is 12.1 Å². The Labute approximate surface area is 175 Å². The molecule has 0 aromatic heterocycles. The van der Waals surface area contributed by atoms with E-state index in [2.05, 4.69) is 12.2 Å². The lowest BCUT2D eigenvalue weighted by Gasteiger charge is -2.06. The van der Waals surface area contributed by atoms with Crippen molar-refractivity contribution in [3.63, 3.8) is 0 Å². The molecule has 0 heterocycles. The fraction of sp³-hybridized carbons (Fsp3) is 0.769. The predicted molar refractivity (Wildman–Crippen MR) is 124 cm³/mol. The lowest BCUT2D eigenvalue weighted by Crippen LogP contribution is -2.18. The lowest BCUT2D eigenvalue weighted by molar-refractivity contribution is 0.475. The molecular formula is C26H47NO. The van der Waals surface area contributed by atoms with Gasteiger partial charge >= 0.3 is 0 Å². The summed E-state index contributed by atoms with van der Waals surface area (Å²) in [6.07, 6.45) is 23.9. The van der Waals surface area contributed by atoms with E-state index < -0.39 is 0 Å². The summed E-state index contributed by atoms with van der Waals surface area (Å²) in [5.74, 6) is 0.352. The van der Waals surface area contributed by atoms with Gasteiger partial charge in [-0.1, -0.05) is 115 Å². The summed E-state index contributed by atoms with van der Waals surface area (Å²) in [5, 5.41) is 12.8. The molecule has 1 aromatic carbocycles. The molecule has 0 bridgehead atoms. The second-order valence-corrected chi connectivity index (χ2v) is 8.47. The topological polar surface area (TPSA) is 32.3 Å². The minimum atomic E-state index is 0.352. The zero-order chi connectivity index (χ0) is 20.1. The minimum absolute atomic E-state index is 0.352. The molecule has 0 spiro atoms. The predicted octanol–water partition coefficient (Wildman–Crippen LogP) is 7.79. The molecule has 0 atom stereocenters. The molecule has 0 amide bonds. The van der Waals surface area contributed by atoms with E-state index in [0.717, 1.165) is 19.5 Å². The third kappa shape index (κ3) is 16.0. The molecule has 0 saturated carbocycles. The quantitative estimate of drug-likeness (QED) is 0.223. The zero-order valence-electron chi connectivity index (χ0n) is 18.7. The van der Waals surface area contributed by atoms with Crippen LogP contribution in [0, 0.1) is 0 Å². The van der Waals surface area contributed by atoms with Crippen LogP contribution in [0.3, 0.4) is 0 Å². The van der Waals surface area contributed by atoms with Crippen LogP contribution in [0.15, 0.2) is 24.3 Å². The van der Waals surface area contributed by atoms with Gasteiger partial charge in [-0.15, -0.1) is 0 Å². The molecular weight excluding hydrogens is 342 g/mol. The molecule has 0 saturated heterocycles. The van der Waals surface area contributed by atoms with Crippen molar-refractivity contribution in [2.24, 2.45) is 0 Å². The Morgan fingerprint density at radius 3 is 1.46 bits per heavy atom. The molecule has 28 heavy (non-hydrogen) atoms. The summed E-state index contributed by atoms with van der Waals surface area (Å²) < 4.78 is 0. The van der Waals surface area contributed by atoms with Gasteiger partial charge in [-0.25, -0.2) is 0 Å². The Bertz CT molecular complexity index is 429. The number of benzene rings is 1. The van der Waals surface area contributed by atoms with Crippen molar-refractivity contribution in [2.45, 2.75) is 116 Å². The van der Waals surface area contributed by atoms with Gasteiger partial charge in [-0.3, -0.25) is 0 Å². The highest BCUT2D eigenvalue weighted by Gasteiger charge is 1.96. The molecule has 162 valence electrons. The van der Waals surface area contributed by atoms with Crippen LogP contribution in [0.25, 0.3) is 0 Å². The lowest BCUT2D eigenvalue weighted by atomic mass is 10.0. The molecule has 0 radical (unpaired) electrons. The van der Waals surface area contributed by atoms with Crippen molar-refractivity contribution in [3.8, 4) is 5.75 Å². The Morgan fingerprint density at radius 2 is 1.00 bits per heavy atom. The van der Waals surface area contributed by atoms with Gasteiger partial charge in [-0.2, -0.15) is 0 Å². The van der Waals surface area contributed by atoms with E-state index in [1.807, 2.05) is 12.1 Å². The molecule has 2 N–H and O–H groups in total. The summed E-state index contributed by atoms with van der Waals surface area (Å²) in [4.78, 5) is 0. The van der Waals surface area contributed by atoms with Crippen LogP contribution in [0.2, 0.25) is 0 Å². The van der Waals surface area contributed by atoms with Crippen molar-refractivity contribution in [1.82, 2.24) is 5.32 Å². The van der Waals surface area contributed by atoms with Gasteiger partial charge in [0, 0.05) is 0 Å². The first kappa shape index (κ1) is 25.0. The van der Waals surface area contributed by atoms with E-state index >= 15 is 0 Å².